The minimum Gasteiger partial charge on any atom is -0.493 e. The maximum atomic E-state index is 5.91. The summed E-state index contributed by atoms with van der Waals surface area (Å²) >= 11 is 0. The van der Waals surface area contributed by atoms with Crippen LogP contribution in [0.2, 0.25) is 0 Å². The van der Waals surface area contributed by atoms with Crippen LogP contribution in [0, 0.1) is 6.92 Å². The van der Waals surface area contributed by atoms with E-state index < -0.39 is 0 Å². The van der Waals surface area contributed by atoms with Crippen LogP contribution in [-0.2, 0) is 0 Å². The first-order valence-corrected chi connectivity index (χ1v) is 10.8. The van der Waals surface area contributed by atoms with Gasteiger partial charge < -0.3 is 4.74 Å². The molecule has 0 aliphatic heterocycles. The van der Waals surface area contributed by atoms with Crippen molar-refractivity contribution in [3.63, 3.8) is 0 Å². The molecule has 0 spiro atoms. The van der Waals surface area contributed by atoms with Gasteiger partial charge in [-0.2, -0.15) is 9.59 Å². The van der Waals surface area contributed by atoms with Crippen LogP contribution in [0.5, 0.6) is 5.75 Å². The van der Waals surface area contributed by atoms with Crippen LogP contribution < -0.4 is 4.74 Å². The number of ether oxygens (including phenoxy) is 1. The molecular formula is C25H24N6O. The molecule has 0 atom stereocenters. The zero-order valence-corrected chi connectivity index (χ0v) is 18.1. The Hall–Kier alpha value is -4.00. The van der Waals surface area contributed by atoms with Crippen LogP contribution in [0.1, 0.15) is 30.9 Å². The van der Waals surface area contributed by atoms with Gasteiger partial charge in [-0.25, -0.2) is 0 Å². The second-order valence-electron chi connectivity index (χ2n) is 7.72. The molecule has 2 aromatic heterocycles. The van der Waals surface area contributed by atoms with Crippen LogP contribution >= 0.6 is 0 Å². The summed E-state index contributed by atoms with van der Waals surface area (Å²) in [6, 6.07) is 19.9. The van der Waals surface area contributed by atoms with Crippen molar-refractivity contribution in [2.45, 2.75) is 26.7 Å². The average Bonchev–Trinajstić information content (AvgIpc) is 3.41. The average molecular weight is 425 g/mol. The first-order chi connectivity index (χ1) is 15.7. The number of aromatic nitrogens is 6. The molecule has 0 radical (unpaired) electrons. The molecule has 0 aliphatic rings. The van der Waals surface area contributed by atoms with E-state index >= 15 is 0 Å². The fraction of sp³-hybridized carbons (Fsp3) is 0.200. The van der Waals surface area contributed by atoms with Gasteiger partial charge in [0.25, 0.3) is 0 Å². The number of fused-ring (bicyclic) bond motifs is 2. The zero-order chi connectivity index (χ0) is 21.9. The molecule has 3 aromatic carbocycles. The van der Waals surface area contributed by atoms with Crippen molar-refractivity contribution < 1.29 is 4.74 Å². The molecular weight excluding hydrogens is 400 g/mol. The maximum Gasteiger partial charge on any atom is 0.124 e. The summed E-state index contributed by atoms with van der Waals surface area (Å²) in [4.78, 5) is 3.22. The van der Waals surface area contributed by atoms with Crippen LogP contribution in [0.25, 0.3) is 40.0 Å². The molecule has 160 valence electrons. The van der Waals surface area contributed by atoms with Gasteiger partial charge in [-0.15, -0.1) is 20.4 Å². The summed E-state index contributed by atoms with van der Waals surface area (Å²) < 4.78 is 5.91. The largest absolute Gasteiger partial charge is 0.493 e. The van der Waals surface area contributed by atoms with Gasteiger partial charge in [0.1, 0.15) is 27.8 Å². The summed E-state index contributed by atoms with van der Waals surface area (Å²) in [5.41, 5.74) is 6.21. The smallest absolute Gasteiger partial charge is 0.124 e. The Morgan fingerprint density at radius 1 is 0.844 bits per heavy atom. The number of unbranched alkanes of at least 4 members (excludes halogenated alkanes) is 1. The third-order valence-corrected chi connectivity index (χ3v) is 5.24. The normalized spacial score (nSPS) is 11.7. The van der Waals surface area contributed by atoms with Gasteiger partial charge in [0.2, 0.25) is 0 Å². The number of benzene rings is 3. The Morgan fingerprint density at radius 3 is 2.41 bits per heavy atom. The highest BCUT2D eigenvalue weighted by Gasteiger charge is 2.11. The van der Waals surface area contributed by atoms with E-state index in [1.54, 1.807) is 9.59 Å². The Morgan fingerprint density at radius 2 is 1.59 bits per heavy atom. The molecule has 0 bridgehead atoms. The molecule has 0 fully saturated rings. The third kappa shape index (κ3) is 4.09. The minimum atomic E-state index is 0.710. The van der Waals surface area contributed by atoms with Crippen molar-refractivity contribution in [1.29, 1.82) is 0 Å². The highest BCUT2D eigenvalue weighted by molar-refractivity contribution is 5.79. The van der Waals surface area contributed by atoms with Gasteiger partial charge in [-0.1, -0.05) is 43.7 Å². The third-order valence-electron chi connectivity index (χ3n) is 5.24. The van der Waals surface area contributed by atoms with Gasteiger partial charge in [0.05, 0.1) is 18.5 Å². The predicted molar refractivity (Wildman–Crippen MR) is 127 cm³/mol. The predicted octanol–water partition coefficient (Wildman–Crippen LogP) is 5.28. The minimum absolute atomic E-state index is 0.710. The number of hydrogen-bond acceptors (Lipinski definition) is 5. The number of rotatable bonds is 7. The summed E-state index contributed by atoms with van der Waals surface area (Å²) in [6.07, 6.45) is 5.96. The quantitative estimate of drug-likeness (QED) is 0.332. The molecule has 0 aliphatic carbocycles. The van der Waals surface area contributed by atoms with Gasteiger partial charge in [-0.05, 0) is 54.8 Å². The fourth-order valence-corrected chi connectivity index (χ4v) is 3.47. The molecule has 7 nitrogen and oxygen atoms in total. The van der Waals surface area contributed by atoms with E-state index in [0.29, 0.717) is 6.61 Å². The van der Waals surface area contributed by atoms with Gasteiger partial charge in [0.15, 0.2) is 0 Å². The molecule has 0 N–H and O–H groups in total. The molecule has 5 rings (SSSR count). The Labute approximate surface area is 185 Å². The molecule has 5 aromatic rings. The standard InChI is InChI=1S/C25H24N6O/c1-3-4-14-32-25-17-24-22(15-18(25)2)28-31(29-24)20-10-11-21-23(16-20)27-30(26-21)13-12-19-8-6-5-7-9-19/h5-13,15-17H,3-4,14H2,1-2H3. The van der Waals surface area contributed by atoms with Crippen molar-refractivity contribution in [1.82, 2.24) is 30.0 Å². The number of nitrogens with zero attached hydrogens (tertiary/aromatic N) is 6. The topological polar surface area (TPSA) is 70.7 Å². The van der Waals surface area contributed by atoms with Crippen LogP contribution in [0.4, 0.5) is 0 Å². The van der Waals surface area contributed by atoms with E-state index in [2.05, 4.69) is 27.3 Å². The van der Waals surface area contributed by atoms with Crippen molar-refractivity contribution >= 4 is 34.3 Å². The lowest BCUT2D eigenvalue weighted by atomic mass is 10.2. The van der Waals surface area contributed by atoms with E-state index in [9.17, 15) is 0 Å². The first-order valence-electron chi connectivity index (χ1n) is 10.8. The molecule has 0 saturated heterocycles. The highest BCUT2D eigenvalue weighted by Crippen LogP contribution is 2.25. The van der Waals surface area contributed by atoms with Crippen molar-refractivity contribution in [2.75, 3.05) is 6.61 Å². The van der Waals surface area contributed by atoms with E-state index in [4.69, 9.17) is 4.74 Å². The van der Waals surface area contributed by atoms with E-state index in [-0.39, 0.29) is 0 Å². The van der Waals surface area contributed by atoms with Gasteiger partial charge in [-0.3, -0.25) is 0 Å². The summed E-state index contributed by atoms with van der Waals surface area (Å²) in [6.45, 7) is 4.90. The molecule has 32 heavy (non-hydrogen) atoms. The lowest BCUT2D eigenvalue weighted by molar-refractivity contribution is 0.308. The van der Waals surface area contributed by atoms with E-state index in [1.165, 1.54) is 0 Å². The second-order valence-corrected chi connectivity index (χ2v) is 7.72. The molecule has 2 heterocycles. The Bertz CT molecular complexity index is 1400. The maximum absolute atomic E-state index is 5.91. The summed E-state index contributed by atoms with van der Waals surface area (Å²) in [7, 11) is 0. The van der Waals surface area contributed by atoms with Crippen LogP contribution in [-0.4, -0.2) is 36.6 Å². The van der Waals surface area contributed by atoms with Gasteiger partial charge in [0, 0.05) is 6.07 Å². The van der Waals surface area contributed by atoms with Crippen molar-refractivity contribution in [3.05, 3.63) is 71.8 Å². The van der Waals surface area contributed by atoms with Crippen LogP contribution in [0.3, 0.4) is 0 Å². The zero-order valence-electron chi connectivity index (χ0n) is 18.1. The Balaban J connectivity index is 1.43. The fourth-order valence-electron chi connectivity index (χ4n) is 3.47. The monoisotopic (exact) mass is 424 g/mol. The van der Waals surface area contributed by atoms with Crippen LogP contribution in [0.15, 0.2) is 60.7 Å². The molecule has 7 heteroatoms. The second kappa shape index (κ2) is 8.63. The molecule has 0 saturated carbocycles. The summed E-state index contributed by atoms with van der Waals surface area (Å²) in [5, 5.41) is 18.4. The van der Waals surface area contributed by atoms with E-state index in [0.717, 1.165) is 57.5 Å². The number of aryl methyl sites for hydroxylation is 1. The van der Waals surface area contributed by atoms with Crippen molar-refractivity contribution in [2.24, 2.45) is 0 Å². The van der Waals surface area contributed by atoms with E-state index in [1.807, 2.05) is 79.9 Å². The summed E-state index contributed by atoms with van der Waals surface area (Å²) in [5.74, 6) is 0.863. The highest BCUT2D eigenvalue weighted by atomic mass is 16.5. The lowest BCUT2D eigenvalue weighted by Gasteiger charge is -2.07. The molecule has 0 unspecified atom stereocenters. The van der Waals surface area contributed by atoms with Gasteiger partial charge >= 0.3 is 0 Å². The van der Waals surface area contributed by atoms with Crippen molar-refractivity contribution in [3.8, 4) is 11.4 Å². The lowest BCUT2D eigenvalue weighted by Crippen LogP contribution is -1.98. The first kappa shape index (κ1) is 19.9. The molecule has 0 amide bonds. The number of hydrogen-bond donors (Lipinski definition) is 0. The Kier molecular flexibility index (Phi) is 5.37. The SMILES string of the molecule is CCCCOc1cc2nn(-c3ccc4nn(C=Cc5ccccc5)nc4c3)nc2cc1C.